The van der Waals surface area contributed by atoms with Crippen molar-refractivity contribution in [3.8, 4) is 5.69 Å². The number of benzene rings is 1. The van der Waals surface area contributed by atoms with Crippen LogP contribution in [0.5, 0.6) is 0 Å². The maximum absolute atomic E-state index is 12.9. The summed E-state index contributed by atoms with van der Waals surface area (Å²) in [6, 6.07) is 8.01. The molecule has 1 amide bonds. The van der Waals surface area contributed by atoms with E-state index < -0.39 is 0 Å². The summed E-state index contributed by atoms with van der Waals surface area (Å²) >= 11 is 1.33. The van der Waals surface area contributed by atoms with Crippen LogP contribution in [-0.4, -0.2) is 27.2 Å². The fraction of sp³-hybridized carbons (Fsp3) is 0.188. The van der Waals surface area contributed by atoms with Crippen LogP contribution < -0.4 is 5.32 Å². The topological polar surface area (TPSA) is 59.8 Å². The van der Waals surface area contributed by atoms with E-state index in [0.717, 1.165) is 17.1 Å². The maximum atomic E-state index is 12.9. The van der Waals surface area contributed by atoms with E-state index >= 15 is 0 Å². The van der Waals surface area contributed by atoms with Crippen LogP contribution in [0.2, 0.25) is 0 Å². The van der Waals surface area contributed by atoms with E-state index in [9.17, 15) is 9.18 Å². The van der Waals surface area contributed by atoms with Crippen LogP contribution in [0.25, 0.3) is 5.69 Å². The Morgan fingerprint density at radius 3 is 2.78 bits per heavy atom. The molecule has 3 rings (SSSR count). The molecule has 0 radical (unpaired) electrons. The number of hydrogen-bond donors (Lipinski definition) is 1. The second-order valence-electron chi connectivity index (χ2n) is 5.00. The van der Waals surface area contributed by atoms with Gasteiger partial charge in [-0.3, -0.25) is 4.79 Å². The van der Waals surface area contributed by atoms with Crippen molar-refractivity contribution in [3.05, 3.63) is 64.1 Å². The van der Waals surface area contributed by atoms with Crippen molar-refractivity contribution in [2.24, 2.45) is 0 Å². The first-order valence-electron chi connectivity index (χ1n) is 7.12. The molecule has 3 aromatic rings. The van der Waals surface area contributed by atoms with Crippen molar-refractivity contribution >= 4 is 17.2 Å². The summed E-state index contributed by atoms with van der Waals surface area (Å²) < 4.78 is 14.6. The highest BCUT2D eigenvalue weighted by Gasteiger charge is 2.11. The fourth-order valence-corrected chi connectivity index (χ4v) is 2.86. The highest BCUT2D eigenvalue weighted by molar-refractivity contribution is 7.11. The molecule has 0 saturated carbocycles. The van der Waals surface area contributed by atoms with Gasteiger partial charge in [-0.05, 0) is 37.3 Å². The molecule has 5 nitrogen and oxygen atoms in total. The van der Waals surface area contributed by atoms with Gasteiger partial charge in [-0.2, -0.15) is 5.10 Å². The summed E-state index contributed by atoms with van der Waals surface area (Å²) in [5, 5.41) is 7.28. The summed E-state index contributed by atoms with van der Waals surface area (Å²) in [5.41, 5.74) is 4.06. The standard InChI is InChI=1S/C16H15FN4OS/c1-11-15(23-10-19-11)16(22)18-8-6-13-7-9-21(20-13)14-4-2-12(17)3-5-14/h2-5,7,9-10H,6,8H2,1H3,(H,18,22). The molecule has 0 fully saturated rings. The SMILES string of the molecule is Cc1ncsc1C(=O)NCCc1ccn(-c2ccc(F)cc2)n1. The van der Waals surface area contributed by atoms with E-state index in [2.05, 4.69) is 15.4 Å². The van der Waals surface area contributed by atoms with Crippen molar-refractivity contribution in [2.75, 3.05) is 6.54 Å². The molecule has 2 aromatic heterocycles. The Morgan fingerprint density at radius 2 is 2.09 bits per heavy atom. The van der Waals surface area contributed by atoms with Crippen molar-refractivity contribution < 1.29 is 9.18 Å². The maximum Gasteiger partial charge on any atom is 0.263 e. The second-order valence-corrected chi connectivity index (χ2v) is 5.86. The van der Waals surface area contributed by atoms with E-state index in [-0.39, 0.29) is 11.7 Å². The second kappa shape index (κ2) is 6.70. The number of amides is 1. The normalized spacial score (nSPS) is 10.7. The van der Waals surface area contributed by atoms with Gasteiger partial charge in [-0.15, -0.1) is 11.3 Å². The van der Waals surface area contributed by atoms with Gasteiger partial charge in [-0.1, -0.05) is 0 Å². The van der Waals surface area contributed by atoms with Gasteiger partial charge in [0.1, 0.15) is 10.7 Å². The summed E-state index contributed by atoms with van der Waals surface area (Å²) in [7, 11) is 0. The van der Waals surface area contributed by atoms with Crippen molar-refractivity contribution in [2.45, 2.75) is 13.3 Å². The van der Waals surface area contributed by atoms with Gasteiger partial charge in [0, 0.05) is 19.2 Å². The smallest absolute Gasteiger partial charge is 0.263 e. The number of carbonyl (C=O) groups is 1. The van der Waals surface area contributed by atoms with E-state index in [1.54, 1.807) is 22.3 Å². The quantitative estimate of drug-likeness (QED) is 0.782. The molecule has 0 aliphatic rings. The van der Waals surface area contributed by atoms with E-state index in [1.165, 1.54) is 23.5 Å². The van der Waals surface area contributed by atoms with Crippen molar-refractivity contribution in [3.63, 3.8) is 0 Å². The summed E-state index contributed by atoms with van der Waals surface area (Å²) in [4.78, 5) is 16.7. The van der Waals surface area contributed by atoms with Crippen LogP contribution in [0.15, 0.2) is 42.0 Å². The Balaban J connectivity index is 1.56. The lowest BCUT2D eigenvalue weighted by atomic mass is 10.3. The number of rotatable bonds is 5. The Kier molecular flexibility index (Phi) is 4.47. The average Bonchev–Trinajstić information content (AvgIpc) is 3.17. The van der Waals surface area contributed by atoms with Crippen LogP contribution in [0, 0.1) is 12.7 Å². The van der Waals surface area contributed by atoms with Gasteiger partial charge >= 0.3 is 0 Å². The Hall–Kier alpha value is -2.54. The highest BCUT2D eigenvalue weighted by Crippen LogP contribution is 2.12. The summed E-state index contributed by atoms with van der Waals surface area (Å²) in [6.07, 6.45) is 2.44. The predicted octanol–water partition coefficient (Wildman–Crippen LogP) is 2.75. The first-order valence-corrected chi connectivity index (χ1v) is 8.00. The van der Waals surface area contributed by atoms with Crippen LogP contribution in [0.3, 0.4) is 0 Å². The van der Waals surface area contributed by atoms with Gasteiger partial charge < -0.3 is 5.32 Å². The Bertz CT molecular complexity index is 810. The molecular formula is C16H15FN4OS. The van der Waals surface area contributed by atoms with Gasteiger partial charge in [-0.25, -0.2) is 14.1 Å². The summed E-state index contributed by atoms with van der Waals surface area (Å²) in [6.45, 7) is 2.31. The van der Waals surface area contributed by atoms with Gasteiger partial charge in [0.2, 0.25) is 0 Å². The summed E-state index contributed by atoms with van der Waals surface area (Å²) in [5.74, 6) is -0.384. The molecule has 0 spiro atoms. The van der Waals surface area contributed by atoms with E-state index in [1.807, 2.05) is 19.2 Å². The molecule has 0 unspecified atom stereocenters. The molecule has 7 heteroatoms. The minimum Gasteiger partial charge on any atom is -0.351 e. The molecule has 1 N–H and O–H groups in total. The number of hydrogen-bond acceptors (Lipinski definition) is 4. The Labute approximate surface area is 136 Å². The van der Waals surface area contributed by atoms with E-state index in [4.69, 9.17) is 0 Å². The van der Waals surface area contributed by atoms with Gasteiger partial charge in [0.25, 0.3) is 5.91 Å². The molecule has 0 aliphatic carbocycles. The fourth-order valence-electron chi connectivity index (χ4n) is 2.14. The molecule has 2 heterocycles. The van der Waals surface area contributed by atoms with Gasteiger partial charge in [0.05, 0.1) is 22.6 Å². The van der Waals surface area contributed by atoms with Crippen LogP contribution in [0.1, 0.15) is 21.1 Å². The number of aromatic nitrogens is 3. The minimum atomic E-state index is -0.276. The van der Waals surface area contributed by atoms with Gasteiger partial charge in [0.15, 0.2) is 0 Å². The number of thiazole rings is 1. The monoisotopic (exact) mass is 330 g/mol. The van der Waals surface area contributed by atoms with Crippen LogP contribution >= 0.6 is 11.3 Å². The zero-order valence-corrected chi connectivity index (χ0v) is 13.3. The number of nitrogens with zero attached hydrogens (tertiary/aromatic N) is 3. The first kappa shape index (κ1) is 15.4. The molecule has 1 aromatic carbocycles. The minimum absolute atomic E-state index is 0.108. The lowest BCUT2D eigenvalue weighted by Crippen LogP contribution is -2.25. The number of halogens is 1. The zero-order valence-electron chi connectivity index (χ0n) is 12.5. The molecular weight excluding hydrogens is 315 g/mol. The van der Waals surface area contributed by atoms with Crippen molar-refractivity contribution in [1.29, 1.82) is 0 Å². The molecule has 0 atom stereocenters. The zero-order chi connectivity index (χ0) is 16.2. The highest BCUT2D eigenvalue weighted by atomic mass is 32.1. The molecule has 0 saturated heterocycles. The third kappa shape index (κ3) is 3.62. The number of carbonyl (C=O) groups excluding carboxylic acids is 1. The largest absolute Gasteiger partial charge is 0.351 e. The third-order valence-electron chi connectivity index (χ3n) is 3.35. The number of nitrogens with one attached hydrogen (secondary N) is 1. The average molecular weight is 330 g/mol. The van der Waals surface area contributed by atoms with E-state index in [0.29, 0.717) is 17.8 Å². The van der Waals surface area contributed by atoms with Crippen LogP contribution in [0.4, 0.5) is 4.39 Å². The molecule has 0 aliphatic heterocycles. The molecule has 118 valence electrons. The Morgan fingerprint density at radius 1 is 1.30 bits per heavy atom. The third-order valence-corrected chi connectivity index (χ3v) is 4.28. The predicted molar refractivity (Wildman–Crippen MR) is 86.4 cm³/mol. The first-order chi connectivity index (χ1) is 11.1. The lowest BCUT2D eigenvalue weighted by Gasteiger charge is -2.03. The van der Waals surface area contributed by atoms with Crippen LogP contribution in [-0.2, 0) is 6.42 Å². The van der Waals surface area contributed by atoms with Crippen molar-refractivity contribution in [1.82, 2.24) is 20.1 Å². The number of aryl methyl sites for hydroxylation is 1. The lowest BCUT2D eigenvalue weighted by molar-refractivity contribution is 0.0957. The molecule has 0 bridgehead atoms. The molecule has 23 heavy (non-hydrogen) atoms.